The molecule has 0 spiro atoms. The van der Waals surface area contributed by atoms with Gasteiger partial charge >= 0.3 is 6.09 Å². The van der Waals surface area contributed by atoms with Gasteiger partial charge in [-0.1, -0.05) is 0 Å². The molecule has 1 unspecified atom stereocenters. The SMILES string of the molecule is CC([C@@H]1CO1)N(C(=O)O)c1cc(F)cc(F)c1. The molecule has 1 aromatic rings. The number of hydrogen-bond acceptors (Lipinski definition) is 2. The average Bonchev–Trinajstić information content (AvgIpc) is 2.97. The van der Waals surface area contributed by atoms with E-state index in [2.05, 4.69) is 0 Å². The van der Waals surface area contributed by atoms with Gasteiger partial charge in [0.1, 0.15) is 17.7 Å². The maximum atomic E-state index is 13.0. The fourth-order valence-corrected chi connectivity index (χ4v) is 1.70. The molecule has 1 aliphatic rings. The van der Waals surface area contributed by atoms with Gasteiger partial charge in [0, 0.05) is 6.07 Å². The van der Waals surface area contributed by atoms with Crippen LogP contribution in [0.25, 0.3) is 0 Å². The van der Waals surface area contributed by atoms with Gasteiger partial charge in [0.2, 0.25) is 0 Å². The molecule has 2 rings (SSSR count). The van der Waals surface area contributed by atoms with E-state index in [1.54, 1.807) is 6.92 Å². The molecule has 0 radical (unpaired) electrons. The molecule has 0 aromatic heterocycles. The third kappa shape index (κ3) is 2.52. The lowest BCUT2D eigenvalue weighted by molar-refractivity contribution is 0.197. The molecule has 1 saturated heterocycles. The topological polar surface area (TPSA) is 53.1 Å². The molecule has 1 aromatic carbocycles. The fraction of sp³-hybridized carbons (Fsp3) is 0.364. The third-order valence-electron chi connectivity index (χ3n) is 2.64. The van der Waals surface area contributed by atoms with Crippen LogP contribution in [0.5, 0.6) is 0 Å². The minimum atomic E-state index is -1.27. The largest absolute Gasteiger partial charge is 0.465 e. The van der Waals surface area contributed by atoms with E-state index in [1.165, 1.54) is 0 Å². The Labute approximate surface area is 96.4 Å². The van der Waals surface area contributed by atoms with Crippen LogP contribution in [0.4, 0.5) is 19.3 Å². The third-order valence-corrected chi connectivity index (χ3v) is 2.64. The maximum absolute atomic E-state index is 13.0. The minimum absolute atomic E-state index is 0.0296. The molecule has 0 saturated carbocycles. The number of nitrogens with zero attached hydrogens (tertiary/aromatic N) is 1. The van der Waals surface area contributed by atoms with Gasteiger partial charge in [0.05, 0.1) is 18.3 Å². The van der Waals surface area contributed by atoms with E-state index >= 15 is 0 Å². The first-order chi connectivity index (χ1) is 7.99. The number of ether oxygens (including phenoxy) is 1. The van der Waals surface area contributed by atoms with Gasteiger partial charge in [-0.2, -0.15) is 0 Å². The zero-order chi connectivity index (χ0) is 12.6. The molecular formula is C11H11F2NO3. The van der Waals surface area contributed by atoms with Crippen molar-refractivity contribution in [3.8, 4) is 0 Å². The zero-order valence-electron chi connectivity index (χ0n) is 9.06. The molecule has 1 amide bonds. The predicted octanol–water partition coefficient (Wildman–Crippen LogP) is 2.24. The van der Waals surface area contributed by atoms with Crippen LogP contribution in [0.3, 0.4) is 0 Å². The smallest absolute Gasteiger partial charge is 0.412 e. The van der Waals surface area contributed by atoms with Gasteiger partial charge in [0.25, 0.3) is 0 Å². The van der Waals surface area contributed by atoms with Crippen molar-refractivity contribution in [2.75, 3.05) is 11.5 Å². The van der Waals surface area contributed by atoms with Crippen LogP contribution >= 0.6 is 0 Å². The maximum Gasteiger partial charge on any atom is 0.412 e. The number of carboxylic acid groups (broad SMARTS) is 1. The van der Waals surface area contributed by atoms with Crippen LogP contribution in [-0.4, -0.2) is 30.0 Å². The first kappa shape index (κ1) is 11.8. The average molecular weight is 243 g/mol. The number of carbonyl (C=O) groups is 1. The normalized spacial score (nSPS) is 19.8. The number of amides is 1. The van der Waals surface area contributed by atoms with Crippen LogP contribution in [0.1, 0.15) is 6.92 Å². The second-order valence-electron chi connectivity index (χ2n) is 3.89. The molecule has 1 fully saturated rings. The van der Waals surface area contributed by atoms with Crippen molar-refractivity contribution in [1.29, 1.82) is 0 Å². The van der Waals surface area contributed by atoms with Crippen LogP contribution < -0.4 is 4.90 Å². The zero-order valence-corrected chi connectivity index (χ0v) is 9.06. The van der Waals surface area contributed by atoms with E-state index in [-0.39, 0.29) is 11.8 Å². The quantitative estimate of drug-likeness (QED) is 0.828. The minimum Gasteiger partial charge on any atom is -0.465 e. The highest BCUT2D eigenvalue weighted by atomic mass is 19.1. The van der Waals surface area contributed by atoms with Gasteiger partial charge in [-0.15, -0.1) is 0 Å². The molecule has 0 aliphatic carbocycles. The van der Waals surface area contributed by atoms with Gasteiger partial charge in [-0.25, -0.2) is 13.6 Å². The standard InChI is InChI=1S/C11H11F2NO3/c1-6(10-5-17-10)14(11(15)16)9-3-7(12)2-8(13)4-9/h2-4,6,10H,5H2,1H3,(H,15,16)/t6?,10-/m0/s1. The Morgan fingerprint density at radius 3 is 2.41 bits per heavy atom. The van der Waals surface area contributed by atoms with Crippen LogP contribution in [-0.2, 0) is 4.74 Å². The molecule has 6 heteroatoms. The Morgan fingerprint density at radius 2 is 2.00 bits per heavy atom. The van der Waals surface area contributed by atoms with Gasteiger partial charge in [-0.05, 0) is 19.1 Å². The summed E-state index contributed by atoms with van der Waals surface area (Å²) >= 11 is 0. The summed E-state index contributed by atoms with van der Waals surface area (Å²) in [4.78, 5) is 12.0. The number of rotatable bonds is 3. The molecule has 1 heterocycles. The number of hydrogen-bond donors (Lipinski definition) is 1. The monoisotopic (exact) mass is 243 g/mol. The summed E-state index contributed by atoms with van der Waals surface area (Å²) < 4.78 is 31.1. The lowest BCUT2D eigenvalue weighted by Gasteiger charge is -2.25. The van der Waals surface area contributed by atoms with Gasteiger partial charge < -0.3 is 9.84 Å². The Kier molecular flexibility index (Phi) is 2.97. The molecule has 0 bridgehead atoms. The summed E-state index contributed by atoms with van der Waals surface area (Å²) in [6.07, 6.45) is -1.48. The van der Waals surface area contributed by atoms with Crippen molar-refractivity contribution in [3.63, 3.8) is 0 Å². The van der Waals surface area contributed by atoms with Crippen molar-refractivity contribution in [3.05, 3.63) is 29.8 Å². The molecule has 92 valence electrons. The summed E-state index contributed by atoms with van der Waals surface area (Å²) in [5.74, 6) is -1.62. The Hall–Kier alpha value is -1.69. The van der Waals surface area contributed by atoms with E-state index in [0.717, 1.165) is 17.0 Å². The van der Waals surface area contributed by atoms with E-state index < -0.39 is 23.8 Å². The first-order valence-electron chi connectivity index (χ1n) is 5.09. The highest BCUT2D eigenvalue weighted by molar-refractivity contribution is 5.86. The van der Waals surface area contributed by atoms with Crippen LogP contribution in [0, 0.1) is 11.6 Å². The number of epoxide rings is 1. The van der Waals surface area contributed by atoms with Gasteiger partial charge in [0.15, 0.2) is 0 Å². The summed E-state index contributed by atoms with van der Waals surface area (Å²) in [5.41, 5.74) is -0.0296. The fourth-order valence-electron chi connectivity index (χ4n) is 1.70. The lowest BCUT2D eigenvalue weighted by Crippen LogP contribution is -2.41. The Morgan fingerprint density at radius 1 is 1.47 bits per heavy atom. The van der Waals surface area contributed by atoms with E-state index in [0.29, 0.717) is 12.7 Å². The second-order valence-corrected chi connectivity index (χ2v) is 3.89. The van der Waals surface area contributed by atoms with Crippen molar-refractivity contribution >= 4 is 11.8 Å². The Balaban J connectivity index is 2.34. The summed E-state index contributed by atoms with van der Waals surface area (Å²) in [6, 6.07) is 2.18. The number of halogens is 2. The predicted molar refractivity (Wildman–Crippen MR) is 56.1 cm³/mol. The van der Waals surface area contributed by atoms with Crippen molar-refractivity contribution in [2.24, 2.45) is 0 Å². The second kappa shape index (κ2) is 4.29. The van der Waals surface area contributed by atoms with Crippen molar-refractivity contribution in [2.45, 2.75) is 19.1 Å². The molecule has 2 atom stereocenters. The summed E-state index contributed by atoms with van der Waals surface area (Å²) in [5, 5.41) is 9.08. The summed E-state index contributed by atoms with van der Waals surface area (Å²) in [7, 11) is 0. The van der Waals surface area contributed by atoms with Crippen LogP contribution in [0.15, 0.2) is 18.2 Å². The molecular weight excluding hydrogens is 232 g/mol. The summed E-state index contributed by atoms with van der Waals surface area (Å²) in [6.45, 7) is 2.09. The molecule has 1 N–H and O–H groups in total. The van der Waals surface area contributed by atoms with Crippen molar-refractivity contribution < 1.29 is 23.4 Å². The van der Waals surface area contributed by atoms with E-state index in [9.17, 15) is 13.6 Å². The highest BCUT2D eigenvalue weighted by Gasteiger charge is 2.36. The van der Waals surface area contributed by atoms with E-state index in [4.69, 9.17) is 9.84 Å². The van der Waals surface area contributed by atoms with Gasteiger partial charge in [-0.3, -0.25) is 4.90 Å². The molecule has 4 nitrogen and oxygen atoms in total. The highest BCUT2D eigenvalue weighted by Crippen LogP contribution is 2.26. The number of benzene rings is 1. The Bertz CT molecular complexity index is 428. The first-order valence-corrected chi connectivity index (χ1v) is 5.09. The number of anilines is 1. The molecule has 1 aliphatic heterocycles. The van der Waals surface area contributed by atoms with Crippen molar-refractivity contribution in [1.82, 2.24) is 0 Å². The molecule has 17 heavy (non-hydrogen) atoms. The van der Waals surface area contributed by atoms with E-state index in [1.807, 2.05) is 0 Å². The lowest BCUT2D eigenvalue weighted by atomic mass is 10.2. The van der Waals surface area contributed by atoms with Crippen LogP contribution in [0.2, 0.25) is 0 Å².